The van der Waals surface area contributed by atoms with E-state index in [9.17, 15) is 23.7 Å². The number of piperazine rings is 1. The lowest BCUT2D eigenvalue weighted by Crippen LogP contribution is -2.54. The summed E-state index contributed by atoms with van der Waals surface area (Å²) in [5.41, 5.74) is 6.07. The number of carbonyl (C=O) groups excluding carboxylic acids is 4. The highest BCUT2D eigenvalue weighted by Gasteiger charge is 2.45. The summed E-state index contributed by atoms with van der Waals surface area (Å²) in [5.74, 6) is 0.246. The van der Waals surface area contributed by atoms with Gasteiger partial charge in [0, 0.05) is 112 Å². The highest BCUT2D eigenvalue weighted by atomic mass is 79.9. The van der Waals surface area contributed by atoms with E-state index in [1.807, 2.05) is 66.6 Å². The first kappa shape index (κ1) is 50.5. The van der Waals surface area contributed by atoms with Gasteiger partial charge in [-0.25, -0.2) is 4.98 Å². The van der Waals surface area contributed by atoms with Gasteiger partial charge in [0.25, 0.3) is 11.8 Å². The molecule has 5 aliphatic rings. The van der Waals surface area contributed by atoms with Crippen LogP contribution in [0.3, 0.4) is 0 Å². The monoisotopic (exact) mass is 1100 g/mol. The van der Waals surface area contributed by atoms with Gasteiger partial charge in [0.2, 0.25) is 17.8 Å². The Hall–Kier alpha value is -6.66. The molecule has 4 aromatic carbocycles. The van der Waals surface area contributed by atoms with Gasteiger partial charge in [-0.05, 0) is 121 Å². The Kier molecular flexibility index (Phi) is 14.0. The summed E-state index contributed by atoms with van der Waals surface area (Å²) in [7, 11) is 0.900. The van der Waals surface area contributed by atoms with Crippen molar-refractivity contribution in [3.63, 3.8) is 0 Å². The number of aromatic nitrogens is 4. The first-order valence-electron chi connectivity index (χ1n) is 25.9. The van der Waals surface area contributed by atoms with Gasteiger partial charge < -0.3 is 34.6 Å². The zero-order valence-electron chi connectivity index (χ0n) is 42.7. The molecule has 0 aliphatic carbocycles. The standard InChI is InChI=1S/C55H62BrN12O6P/c1-63-33-36(30-58-63)41-28-45(60-55-57-31-43(56)51(62-55)59-44-12-9-35-7-5-6-8-39(35)50(44)75(3,4)73)48(74-2)29-47(41)67-21-17-37(18-22-67)65-19-15-34(16-20-65)32-64-23-25-66(26-24-64)38-10-11-40-42(27-38)54(72)68(53(40)71)46-13-14-49(69)61-52(46)70/h5-12,27-31,33-34,37,46H,13-26,32H2,1-4H3,(H,61,69,70)(H2,57,59,60,62). The number of hydrogen-bond acceptors (Lipinski definition) is 15. The Morgan fingerprint density at radius 3 is 2.27 bits per heavy atom. The third-order valence-corrected chi connectivity index (χ3v) is 17.8. The molecular weight excluding hydrogens is 1040 g/mol. The normalized spacial score (nSPS) is 19.5. The summed E-state index contributed by atoms with van der Waals surface area (Å²) < 4.78 is 22.3. The third kappa shape index (κ3) is 10.3. The lowest BCUT2D eigenvalue weighted by Gasteiger charge is -2.44. The maximum atomic E-state index is 13.7. The number of carbonyl (C=O) groups is 4. The van der Waals surface area contributed by atoms with Crippen molar-refractivity contribution in [3.8, 4) is 16.9 Å². The minimum Gasteiger partial charge on any atom is -0.494 e. The van der Waals surface area contributed by atoms with Gasteiger partial charge in [-0.1, -0.05) is 30.3 Å². The van der Waals surface area contributed by atoms with Crippen molar-refractivity contribution >= 4 is 97.3 Å². The van der Waals surface area contributed by atoms with Crippen molar-refractivity contribution in [3.05, 3.63) is 101 Å². The van der Waals surface area contributed by atoms with Crippen LogP contribution in [0.1, 0.15) is 59.2 Å². The Morgan fingerprint density at radius 2 is 1.55 bits per heavy atom. The second-order valence-corrected chi connectivity index (χ2v) is 24.8. The molecule has 4 amide bonds. The van der Waals surface area contributed by atoms with Crippen molar-refractivity contribution in [2.24, 2.45) is 13.0 Å². The van der Waals surface area contributed by atoms with Crippen LogP contribution in [0.4, 0.5) is 34.5 Å². The number of hydrogen-bond donors (Lipinski definition) is 3. The number of halogens is 1. The largest absolute Gasteiger partial charge is 0.494 e. The number of ether oxygens (including phenoxy) is 1. The van der Waals surface area contributed by atoms with Crippen LogP contribution < -0.4 is 35.8 Å². The number of piperidine rings is 3. The maximum Gasteiger partial charge on any atom is 0.262 e. The number of methoxy groups -OCH3 is 1. The van der Waals surface area contributed by atoms with Crippen LogP contribution in [-0.4, -0.2) is 150 Å². The van der Waals surface area contributed by atoms with Gasteiger partial charge >= 0.3 is 0 Å². The number of likely N-dealkylation sites (tertiary alicyclic amines) is 1. The van der Waals surface area contributed by atoms with Gasteiger partial charge in [-0.2, -0.15) is 10.1 Å². The molecule has 18 nitrogen and oxygen atoms in total. The number of nitrogens with one attached hydrogen (secondary N) is 3. The summed E-state index contributed by atoms with van der Waals surface area (Å²) >= 11 is 3.65. The van der Waals surface area contributed by atoms with E-state index >= 15 is 0 Å². The summed E-state index contributed by atoms with van der Waals surface area (Å²) in [6.45, 7) is 12.1. The number of imide groups is 2. The Morgan fingerprint density at radius 1 is 0.787 bits per heavy atom. The van der Waals surface area contributed by atoms with E-state index < -0.39 is 30.9 Å². The Labute approximate surface area is 444 Å². The highest BCUT2D eigenvalue weighted by molar-refractivity contribution is 9.10. The molecule has 1 unspecified atom stereocenters. The molecule has 7 heterocycles. The predicted molar refractivity (Wildman–Crippen MR) is 296 cm³/mol. The van der Waals surface area contributed by atoms with Crippen LogP contribution in [0.25, 0.3) is 21.9 Å². The van der Waals surface area contributed by atoms with E-state index in [4.69, 9.17) is 9.72 Å². The minimum atomic E-state index is -2.71. The van der Waals surface area contributed by atoms with Gasteiger partial charge in [0.1, 0.15) is 24.8 Å². The molecule has 0 radical (unpaired) electrons. The van der Waals surface area contributed by atoms with Crippen molar-refractivity contribution in [2.45, 2.75) is 50.6 Å². The molecule has 4 saturated heterocycles. The number of rotatable bonds is 13. The maximum absolute atomic E-state index is 13.7. The molecule has 0 bridgehead atoms. The van der Waals surface area contributed by atoms with Crippen molar-refractivity contribution < 1.29 is 28.5 Å². The number of anilines is 6. The van der Waals surface area contributed by atoms with E-state index in [1.54, 1.807) is 38.8 Å². The van der Waals surface area contributed by atoms with Crippen molar-refractivity contribution in [2.75, 3.05) is 99.8 Å². The van der Waals surface area contributed by atoms with Gasteiger partial charge in [-0.15, -0.1) is 0 Å². The lowest BCUT2D eigenvalue weighted by atomic mass is 9.92. The minimum absolute atomic E-state index is 0.0932. The van der Waals surface area contributed by atoms with E-state index in [2.05, 4.69) is 73.7 Å². The second kappa shape index (κ2) is 20.8. The van der Waals surface area contributed by atoms with E-state index in [0.717, 1.165) is 121 Å². The topological polar surface area (TPSA) is 190 Å². The zero-order chi connectivity index (χ0) is 52.1. The predicted octanol–water partition coefficient (Wildman–Crippen LogP) is 7.44. The Bertz CT molecular complexity index is 3270. The molecule has 2 aromatic heterocycles. The highest BCUT2D eigenvalue weighted by Crippen LogP contribution is 2.44. The molecule has 11 rings (SSSR count). The van der Waals surface area contributed by atoms with Gasteiger partial charge in [0.15, 0.2) is 0 Å². The van der Waals surface area contributed by atoms with Crippen molar-refractivity contribution in [1.82, 2.24) is 39.8 Å². The fourth-order valence-corrected chi connectivity index (χ4v) is 13.6. The van der Waals surface area contributed by atoms with Crippen LogP contribution in [0.15, 0.2) is 89.8 Å². The number of fused-ring (bicyclic) bond motifs is 2. The zero-order valence-corrected chi connectivity index (χ0v) is 45.2. The van der Waals surface area contributed by atoms with E-state index in [0.29, 0.717) is 50.8 Å². The molecule has 0 saturated carbocycles. The van der Waals surface area contributed by atoms with E-state index in [1.165, 1.54) is 12.8 Å². The SMILES string of the molecule is COc1cc(N2CCC(N3CCC(CN4CCN(c5ccc6c(c5)C(=O)N(C5CCC(=O)NC5=O)C6=O)CC4)CC3)CC2)c(-c2cnn(C)c2)cc1Nc1ncc(Br)c(Nc2ccc3ccccc3c2P(C)(C)=O)n1. The molecule has 1 atom stereocenters. The molecule has 390 valence electrons. The average molecular weight is 1100 g/mol. The fourth-order valence-electron chi connectivity index (χ4n) is 11.8. The first-order valence-corrected chi connectivity index (χ1v) is 29.3. The molecular formula is C55H62BrN12O6P. The molecule has 6 aromatic rings. The summed E-state index contributed by atoms with van der Waals surface area (Å²) in [6.07, 6.45) is 10.3. The summed E-state index contributed by atoms with van der Waals surface area (Å²) in [4.78, 5) is 71.5. The molecule has 20 heteroatoms. The molecule has 4 fully saturated rings. The van der Waals surface area contributed by atoms with Gasteiger partial charge in [-0.3, -0.25) is 39.0 Å². The average Bonchev–Trinajstić information content (AvgIpc) is 3.96. The van der Waals surface area contributed by atoms with Crippen LogP contribution >= 0.6 is 23.1 Å². The number of nitrogens with zero attached hydrogens (tertiary/aromatic N) is 9. The van der Waals surface area contributed by atoms with Crippen LogP contribution in [-0.2, 0) is 21.2 Å². The number of amides is 4. The van der Waals surface area contributed by atoms with Crippen LogP contribution in [0.2, 0.25) is 0 Å². The van der Waals surface area contributed by atoms with Gasteiger partial charge in [0.05, 0.1) is 40.3 Å². The molecule has 3 N–H and O–H groups in total. The smallest absolute Gasteiger partial charge is 0.262 e. The third-order valence-electron chi connectivity index (χ3n) is 15.7. The van der Waals surface area contributed by atoms with Crippen LogP contribution in [0.5, 0.6) is 5.75 Å². The lowest BCUT2D eigenvalue weighted by molar-refractivity contribution is -0.136. The number of aryl methyl sites for hydroxylation is 1. The second-order valence-electron chi connectivity index (χ2n) is 20.8. The quantitative estimate of drug-likeness (QED) is 0.0764. The number of benzene rings is 4. The first-order chi connectivity index (χ1) is 36.2. The summed E-state index contributed by atoms with van der Waals surface area (Å²) in [5, 5.41) is 16.5. The summed E-state index contributed by atoms with van der Waals surface area (Å²) in [6, 6.07) is 21.1. The van der Waals surface area contributed by atoms with Crippen LogP contribution in [0, 0.1) is 5.92 Å². The van der Waals surface area contributed by atoms with E-state index in [-0.39, 0.29) is 18.7 Å². The van der Waals surface area contributed by atoms with Crippen molar-refractivity contribution in [1.29, 1.82) is 0 Å². The fraction of sp³-hybridized carbons (Fsp3) is 0.400. The Balaban J connectivity index is 0.700. The molecule has 75 heavy (non-hydrogen) atoms. The molecule has 5 aliphatic heterocycles. The molecule has 0 spiro atoms.